The first-order valence-electron chi connectivity index (χ1n) is 17.3. The predicted molar refractivity (Wildman–Crippen MR) is 206 cm³/mol. The SMILES string of the molecule is CC(C)(C)c1ccnc(C2=NC(C(=O)O)(C(F)(F)F)N=N2)c1.CC(C)(C)c1ccnc(C2=NC(C(=O)O)(C(F)(F)F)N=N2)c1.PC(c1ccccc1)c1ccccc1. The van der Waals surface area contributed by atoms with Crippen molar-refractivity contribution < 1.29 is 46.1 Å². The highest BCUT2D eigenvalue weighted by molar-refractivity contribution is 7.17. The lowest BCUT2D eigenvalue weighted by atomic mass is 9.87. The number of hydrogen-bond donors (Lipinski definition) is 2. The highest BCUT2D eigenvalue weighted by atomic mass is 31.0. The number of amidine groups is 2. The first-order chi connectivity index (χ1) is 26.8. The van der Waals surface area contributed by atoms with Crippen molar-refractivity contribution in [2.45, 2.75) is 81.7 Å². The largest absolute Gasteiger partial charge is 0.478 e. The molecule has 19 heteroatoms. The van der Waals surface area contributed by atoms with Crippen molar-refractivity contribution in [3.05, 3.63) is 131 Å². The van der Waals surface area contributed by atoms with Crippen molar-refractivity contribution in [1.29, 1.82) is 0 Å². The summed E-state index contributed by atoms with van der Waals surface area (Å²) in [7, 11) is 2.89. The van der Waals surface area contributed by atoms with Crippen LogP contribution < -0.4 is 0 Å². The molecule has 0 saturated heterocycles. The van der Waals surface area contributed by atoms with Crippen LogP contribution >= 0.6 is 9.24 Å². The maximum atomic E-state index is 13.0. The van der Waals surface area contributed by atoms with Gasteiger partial charge in [0, 0.05) is 18.1 Å². The summed E-state index contributed by atoms with van der Waals surface area (Å²) in [5, 5.41) is 29.9. The van der Waals surface area contributed by atoms with E-state index < -0.39 is 47.3 Å². The Morgan fingerprint density at radius 1 is 0.586 bits per heavy atom. The summed E-state index contributed by atoms with van der Waals surface area (Å²) < 4.78 is 77.8. The molecule has 0 fully saturated rings. The fourth-order valence-corrected chi connectivity index (χ4v) is 5.51. The van der Waals surface area contributed by atoms with E-state index in [1.54, 1.807) is 12.1 Å². The van der Waals surface area contributed by atoms with Gasteiger partial charge in [-0.15, -0.1) is 29.7 Å². The average molecular weight is 829 g/mol. The Morgan fingerprint density at radius 2 is 0.914 bits per heavy atom. The quantitative estimate of drug-likeness (QED) is 0.145. The number of azo groups is 2. The summed E-state index contributed by atoms with van der Waals surface area (Å²) in [4.78, 5) is 36.1. The smallest absolute Gasteiger partial charge is 0.447 e. The number of carboxylic acid groups (broad SMARTS) is 2. The van der Waals surface area contributed by atoms with E-state index in [0.29, 0.717) is 5.66 Å². The van der Waals surface area contributed by atoms with Gasteiger partial charge in [0.15, 0.2) is 11.7 Å². The monoisotopic (exact) mass is 828 g/mol. The number of rotatable bonds is 6. The van der Waals surface area contributed by atoms with Crippen LogP contribution in [0.25, 0.3) is 0 Å². The topological polar surface area (TPSA) is 175 Å². The lowest BCUT2D eigenvalue weighted by molar-refractivity contribution is -0.200. The summed E-state index contributed by atoms with van der Waals surface area (Å²) in [5.74, 6) is -5.37. The Morgan fingerprint density at radius 3 is 1.17 bits per heavy atom. The summed E-state index contributed by atoms with van der Waals surface area (Å²) in [5.41, 5.74) is -2.95. The minimum atomic E-state index is -5.19. The van der Waals surface area contributed by atoms with E-state index in [1.807, 2.05) is 53.7 Å². The van der Waals surface area contributed by atoms with Gasteiger partial charge in [-0.2, -0.15) is 26.3 Å². The zero-order chi connectivity index (χ0) is 43.3. The molecule has 2 aromatic carbocycles. The highest BCUT2D eigenvalue weighted by Gasteiger charge is 2.66. The molecule has 6 rings (SSSR count). The van der Waals surface area contributed by atoms with Crippen LogP contribution in [0, 0.1) is 0 Å². The summed E-state index contributed by atoms with van der Waals surface area (Å²) in [6, 6.07) is 27.5. The van der Waals surface area contributed by atoms with Gasteiger partial charge >= 0.3 is 35.6 Å². The number of nitrogens with zero attached hydrogens (tertiary/aromatic N) is 8. The van der Waals surface area contributed by atoms with Crippen molar-refractivity contribution in [2.24, 2.45) is 30.4 Å². The lowest BCUT2D eigenvalue weighted by Gasteiger charge is -2.19. The number of pyridine rings is 2. The molecule has 4 aromatic rings. The van der Waals surface area contributed by atoms with Gasteiger partial charge in [-0.05, 0) is 57.3 Å². The van der Waals surface area contributed by atoms with Gasteiger partial charge in [-0.1, -0.05) is 102 Å². The zero-order valence-electron chi connectivity index (χ0n) is 31.9. The predicted octanol–water partition coefficient (Wildman–Crippen LogP) is 9.52. The summed E-state index contributed by atoms with van der Waals surface area (Å²) in [6.07, 6.45) is -7.57. The maximum Gasteiger partial charge on any atom is 0.447 e. The van der Waals surface area contributed by atoms with E-state index in [2.05, 4.69) is 98.2 Å². The Kier molecular flexibility index (Phi) is 13.2. The molecule has 0 amide bonds. The van der Waals surface area contributed by atoms with E-state index >= 15 is 0 Å². The van der Waals surface area contributed by atoms with Crippen LogP contribution in [0.1, 0.15) is 80.8 Å². The van der Waals surface area contributed by atoms with Crippen molar-refractivity contribution in [3.63, 3.8) is 0 Å². The summed E-state index contributed by atoms with van der Waals surface area (Å²) >= 11 is 0. The van der Waals surface area contributed by atoms with Crippen LogP contribution in [0.2, 0.25) is 0 Å². The Balaban J connectivity index is 0.000000197. The van der Waals surface area contributed by atoms with Gasteiger partial charge in [0.2, 0.25) is 0 Å². The molecular weight excluding hydrogens is 789 g/mol. The second kappa shape index (κ2) is 17.0. The van der Waals surface area contributed by atoms with Crippen LogP contribution in [0.3, 0.4) is 0 Å². The van der Waals surface area contributed by atoms with Crippen LogP contribution in [-0.4, -0.2) is 67.5 Å². The summed E-state index contributed by atoms with van der Waals surface area (Å²) in [6.45, 7) is 11.5. The van der Waals surface area contributed by atoms with Crippen molar-refractivity contribution in [2.75, 3.05) is 0 Å². The van der Waals surface area contributed by atoms with Gasteiger partial charge in [-0.3, -0.25) is 9.97 Å². The maximum absolute atomic E-state index is 13.0. The van der Waals surface area contributed by atoms with Crippen molar-refractivity contribution in [1.82, 2.24) is 9.97 Å². The molecule has 0 aliphatic carbocycles. The van der Waals surface area contributed by atoms with Gasteiger partial charge in [-0.25, -0.2) is 19.6 Å². The molecule has 4 heterocycles. The first-order valence-corrected chi connectivity index (χ1v) is 17.9. The zero-order valence-corrected chi connectivity index (χ0v) is 33.1. The molecule has 0 spiro atoms. The first kappa shape index (κ1) is 44.9. The van der Waals surface area contributed by atoms with Crippen LogP contribution in [0.15, 0.2) is 128 Å². The van der Waals surface area contributed by atoms with Crippen LogP contribution in [-0.2, 0) is 20.4 Å². The number of alkyl halides is 6. The molecule has 2 aromatic heterocycles. The Bertz CT molecular complexity index is 2080. The van der Waals surface area contributed by atoms with Crippen molar-refractivity contribution >= 4 is 32.8 Å². The Labute approximate surface area is 331 Å². The lowest BCUT2D eigenvalue weighted by Crippen LogP contribution is -2.47. The molecule has 306 valence electrons. The molecule has 3 atom stereocenters. The van der Waals surface area contributed by atoms with E-state index in [0.717, 1.165) is 11.1 Å². The fraction of sp³-hybridized carbons (Fsp3) is 0.333. The normalized spacial score (nSPS) is 19.1. The number of aliphatic imine (C=N–C) groups is 2. The number of hydrogen-bond acceptors (Lipinski definition) is 10. The van der Waals surface area contributed by atoms with Gasteiger partial charge in [0.05, 0.1) is 0 Å². The molecule has 12 nitrogen and oxygen atoms in total. The molecule has 3 unspecified atom stereocenters. The van der Waals surface area contributed by atoms with Crippen LogP contribution in [0.5, 0.6) is 0 Å². The van der Waals surface area contributed by atoms with Gasteiger partial charge < -0.3 is 10.2 Å². The molecular formula is C39H39F6N8O4P. The van der Waals surface area contributed by atoms with Crippen LogP contribution in [0.4, 0.5) is 26.3 Å². The van der Waals surface area contributed by atoms with Gasteiger partial charge in [0.1, 0.15) is 11.4 Å². The minimum Gasteiger partial charge on any atom is -0.478 e. The number of carbonyl (C=O) groups is 2. The minimum absolute atomic E-state index is 0.0450. The average Bonchev–Trinajstić information content (AvgIpc) is 3.84. The van der Waals surface area contributed by atoms with Crippen molar-refractivity contribution in [3.8, 4) is 0 Å². The standard InChI is InChI=1S/2C13H13F3N4O2.C13H13P/c2*1-11(2,3)7-4-5-17-8(6-7)9-18-12(10(21)22,20-19-9)13(14,15)16;14-13(11-7-3-1-4-8-11)12-9-5-2-6-10-12/h2*4-6H,1-3H3,(H,21,22);1-10,13H,14H2. The van der Waals surface area contributed by atoms with E-state index in [-0.39, 0.29) is 22.2 Å². The highest BCUT2D eigenvalue weighted by Crippen LogP contribution is 2.40. The molecule has 0 radical (unpaired) electrons. The number of benzene rings is 2. The van der Waals surface area contributed by atoms with E-state index in [1.165, 1.54) is 35.7 Å². The molecule has 0 bridgehead atoms. The van der Waals surface area contributed by atoms with Gasteiger partial charge in [0.25, 0.3) is 0 Å². The number of carboxylic acids is 2. The fourth-order valence-electron chi connectivity index (χ4n) is 5.07. The second-order valence-corrected chi connectivity index (χ2v) is 15.5. The molecule has 58 heavy (non-hydrogen) atoms. The third kappa shape index (κ3) is 10.0. The third-order valence-corrected chi connectivity index (χ3v) is 9.30. The molecule has 2 aliphatic rings. The van der Waals surface area contributed by atoms with E-state index in [4.69, 9.17) is 10.2 Å². The van der Waals surface area contributed by atoms with E-state index in [9.17, 15) is 35.9 Å². The molecule has 2 N–H and O–H groups in total. The third-order valence-electron chi connectivity index (χ3n) is 8.53. The number of aromatic nitrogens is 2. The second-order valence-electron chi connectivity index (χ2n) is 14.9. The Hall–Kier alpha value is -5.77. The number of halogens is 6. The number of aliphatic carboxylic acids is 2. The molecule has 2 aliphatic heterocycles. The molecule has 0 saturated carbocycles.